The molecule has 2 heterocycles. The number of amidine groups is 2. The predicted molar refractivity (Wildman–Crippen MR) is 113 cm³/mol. The van der Waals surface area contributed by atoms with Gasteiger partial charge in [0, 0.05) is 0 Å². The van der Waals surface area contributed by atoms with Crippen molar-refractivity contribution in [2.24, 2.45) is 10.1 Å². The van der Waals surface area contributed by atoms with Crippen LogP contribution in [0.3, 0.4) is 0 Å². The van der Waals surface area contributed by atoms with Gasteiger partial charge in [-0.2, -0.15) is 15.1 Å². The molecule has 0 saturated carbocycles. The summed E-state index contributed by atoms with van der Waals surface area (Å²) in [4.78, 5) is 28.5. The molecule has 1 amide bonds. The standard InChI is InChI=1S/C21H16N4O3S/c1-12-4-3-5-15(10-12)20(27)28-16-8-6-14(7-9-16)11-17-18(22)25-21(23-19(17)26)29-13(2)24-25/h3-11,22H,1-2H3/b17-11-,22-18?. The number of hydrogen-bond donors (Lipinski definition) is 1. The normalized spacial score (nSPS) is 17.2. The van der Waals surface area contributed by atoms with Gasteiger partial charge in [-0.25, -0.2) is 4.79 Å². The van der Waals surface area contributed by atoms with Crippen LogP contribution < -0.4 is 4.74 Å². The van der Waals surface area contributed by atoms with E-state index in [0.29, 0.717) is 22.0 Å². The lowest BCUT2D eigenvalue weighted by atomic mass is 10.1. The number of hydrazone groups is 1. The van der Waals surface area contributed by atoms with E-state index in [4.69, 9.17) is 10.1 Å². The number of rotatable bonds is 3. The van der Waals surface area contributed by atoms with Crippen molar-refractivity contribution in [2.75, 3.05) is 0 Å². The average molecular weight is 404 g/mol. The molecular formula is C21H16N4O3S. The fourth-order valence-corrected chi connectivity index (χ4v) is 3.56. The van der Waals surface area contributed by atoms with E-state index >= 15 is 0 Å². The number of amides is 1. The van der Waals surface area contributed by atoms with Gasteiger partial charge < -0.3 is 4.74 Å². The second-order valence-corrected chi connectivity index (χ2v) is 7.63. The van der Waals surface area contributed by atoms with Crippen LogP contribution in [0.25, 0.3) is 6.08 Å². The van der Waals surface area contributed by atoms with Gasteiger partial charge in [0.25, 0.3) is 5.91 Å². The Balaban J connectivity index is 1.52. The van der Waals surface area contributed by atoms with Crippen molar-refractivity contribution in [3.63, 3.8) is 0 Å². The number of carbonyl (C=O) groups excluding carboxylic acids is 2. The van der Waals surface area contributed by atoms with Gasteiger partial charge in [-0.15, -0.1) is 0 Å². The Morgan fingerprint density at radius 2 is 1.93 bits per heavy atom. The molecule has 0 bridgehead atoms. The summed E-state index contributed by atoms with van der Waals surface area (Å²) in [5.41, 5.74) is 2.28. The molecule has 1 N–H and O–H groups in total. The van der Waals surface area contributed by atoms with Crippen LogP contribution in [0.5, 0.6) is 5.75 Å². The smallest absolute Gasteiger partial charge is 0.343 e. The first-order valence-corrected chi connectivity index (χ1v) is 9.58. The molecule has 0 aliphatic carbocycles. The van der Waals surface area contributed by atoms with Gasteiger partial charge in [0.15, 0.2) is 5.84 Å². The molecule has 29 heavy (non-hydrogen) atoms. The number of aliphatic imine (C=N–C) groups is 1. The number of fused-ring (bicyclic) bond motifs is 1. The lowest BCUT2D eigenvalue weighted by Gasteiger charge is -2.20. The second kappa shape index (κ2) is 7.48. The number of carbonyl (C=O) groups is 2. The average Bonchev–Trinajstić information content (AvgIpc) is 3.06. The topological polar surface area (TPSA) is 95.2 Å². The third-order valence-corrected chi connectivity index (χ3v) is 5.03. The molecule has 2 aliphatic rings. The molecule has 7 nitrogen and oxygen atoms in total. The number of esters is 1. The quantitative estimate of drug-likeness (QED) is 0.476. The Bertz CT molecular complexity index is 1130. The third-order valence-electron chi connectivity index (χ3n) is 4.21. The van der Waals surface area contributed by atoms with Gasteiger partial charge in [-0.3, -0.25) is 10.2 Å². The molecule has 144 valence electrons. The summed E-state index contributed by atoms with van der Waals surface area (Å²) >= 11 is 1.26. The summed E-state index contributed by atoms with van der Waals surface area (Å²) in [6.45, 7) is 3.70. The fourth-order valence-electron chi connectivity index (χ4n) is 2.82. The molecule has 2 aromatic rings. The highest BCUT2D eigenvalue weighted by Gasteiger charge is 2.34. The van der Waals surface area contributed by atoms with Crippen LogP contribution in [0, 0.1) is 12.3 Å². The van der Waals surface area contributed by atoms with Gasteiger partial charge in [0.05, 0.1) is 16.2 Å². The Morgan fingerprint density at radius 1 is 1.17 bits per heavy atom. The van der Waals surface area contributed by atoms with Gasteiger partial charge >= 0.3 is 5.97 Å². The number of nitrogens with one attached hydrogen (secondary N) is 1. The summed E-state index contributed by atoms with van der Waals surface area (Å²) in [6, 6.07) is 13.9. The second-order valence-electron chi connectivity index (χ2n) is 6.47. The minimum absolute atomic E-state index is 0.0145. The highest BCUT2D eigenvalue weighted by molar-refractivity contribution is 8.26. The van der Waals surface area contributed by atoms with Crippen molar-refractivity contribution in [1.82, 2.24) is 5.01 Å². The SMILES string of the molecule is CC1=NN2C(=N)/C(=C/c3ccc(OC(=O)c4cccc(C)c4)cc3)C(=O)N=C2S1. The van der Waals surface area contributed by atoms with E-state index in [-0.39, 0.29) is 11.4 Å². The van der Waals surface area contributed by atoms with Crippen molar-refractivity contribution >= 4 is 45.8 Å². The maximum atomic E-state index is 12.3. The zero-order valence-electron chi connectivity index (χ0n) is 15.7. The Morgan fingerprint density at radius 3 is 2.66 bits per heavy atom. The van der Waals surface area contributed by atoms with E-state index in [9.17, 15) is 9.59 Å². The van der Waals surface area contributed by atoms with E-state index < -0.39 is 11.9 Å². The maximum absolute atomic E-state index is 12.3. The summed E-state index contributed by atoms with van der Waals surface area (Å²) < 4.78 is 5.39. The van der Waals surface area contributed by atoms with Crippen molar-refractivity contribution in [3.8, 4) is 5.75 Å². The lowest BCUT2D eigenvalue weighted by molar-refractivity contribution is -0.114. The number of benzene rings is 2. The molecule has 0 radical (unpaired) electrons. The number of nitrogens with zero attached hydrogens (tertiary/aromatic N) is 3. The zero-order chi connectivity index (χ0) is 20.5. The lowest BCUT2D eigenvalue weighted by Crippen LogP contribution is -2.35. The monoisotopic (exact) mass is 404 g/mol. The molecule has 0 atom stereocenters. The molecular weight excluding hydrogens is 388 g/mol. The maximum Gasteiger partial charge on any atom is 0.343 e. The number of aryl methyl sites for hydroxylation is 1. The molecule has 0 fully saturated rings. The minimum Gasteiger partial charge on any atom is -0.423 e. The third kappa shape index (κ3) is 3.88. The highest BCUT2D eigenvalue weighted by Crippen LogP contribution is 2.28. The number of hydrogen-bond acceptors (Lipinski definition) is 6. The zero-order valence-corrected chi connectivity index (χ0v) is 16.5. The summed E-state index contributed by atoms with van der Waals surface area (Å²) in [5, 5.41) is 14.9. The van der Waals surface area contributed by atoms with Crippen LogP contribution in [0.15, 0.2) is 64.2 Å². The molecule has 2 aliphatic heterocycles. The number of thioether (sulfide) groups is 1. The van der Waals surface area contributed by atoms with Gasteiger partial charge in [-0.05, 0) is 61.5 Å². The first-order chi connectivity index (χ1) is 13.9. The molecule has 8 heteroatoms. The Hall–Kier alpha value is -3.52. The van der Waals surface area contributed by atoms with E-state index in [1.807, 2.05) is 13.0 Å². The van der Waals surface area contributed by atoms with E-state index in [0.717, 1.165) is 10.6 Å². The summed E-state index contributed by atoms with van der Waals surface area (Å²) in [7, 11) is 0. The molecule has 4 rings (SSSR count). The largest absolute Gasteiger partial charge is 0.423 e. The summed E-state index contributed by atoms with van der Waals surface area (Å²) in [5.74, 6) is -0.543. The highest BCUT2D eigenvalue weighted by atomic mass is 32.2. The Labute approximate surface area is 171 Å². The van der Waals surface area contributed by atoms with Crippen LogP contribution in [0.2, 0.25) is 0 Å². The molecule has 0 spiro atoms. The number of ether oxygens (including phenoxy) is 1. The van der Waals surface area contributed by atoms with Crippen molar-refractivity contribution < 1.29 is 14.3 Å². The van der Waals surface area contributed by atoms with Crippen LogP contribution >= 0.6 is 11.8 Å². The minimum atomic E-state index is -0.478. The van der Waals surface area contributed by atoms with Crippen molar-refractivity contribution in [2.45, 2.75) is 13.8 Å². The van der Waals surface area contributed by atoms with Crippen LogP contribution in [0.1, 0.15) is 28.4 Å². The van der Waals surface area contributed by atoms with E-state index in [1.165, 1.54) is 16.8 Å². The molecule has 0 aromatic heterocycles. The Kier molecular flexibility index (Phi) is 4.85. The summed E-state index contributed by atoms with van der Waals surface area (Å²) in [6.07, 6.45) is 1.57. The molecule has 2 aromatic carbocycles. The van der Waals surface area contributed by atoms with Crippen LogP contribution in [-0.4, -0.2) is 32.9 Å². The van der Waals surface area contributed by atoms with Crippen molar-refractivity contribution in [3.05, 3.63) is 70.8 Å². The van der Waals surface area contributed by atoms with Crippen molar-refractivity contribution in [1.29, 1.82) is 5.41 Å². The first kappa shape index (κ1) is 18.8. The van der Waals surface area contributed by atoms with Crippen LogP contribution in [0.4, 0.5) is 0 Å². The van der Waals surface area contributed by atoms with Gasteiger partial charge in [-0.1, -0.05) is 29.8 Å². The molecule has 0 saturated heterocycles. The molecule has 0 unspecified atom stereocenters. The van der Waals surface area contributed by atoms with Crippen LogP contribution in [-0.2, 0) is 4.79 Å². The first-order valence-electron chi connectivity index (χ1n) is 8.76. The predicted octanol–water partition coefficient (Wildman–Crippen LogP) is 3.85. The van der Waals surface area contributed by atoms with E-state index in [2.05, 4.69) is 10.1 Å². The van der Waals surface area contributed by atoms with Gasteiger partial charge in [0.1, 0.15) is 5.75 Å². The van der Waals surface area contributed by atoms with Gasteiger partial charge in [0.2, 0.25) is 5.17 Å². The van der Waals surface area contributed by atoms with E-state index in [1.54, 1.807) is 55.5 Å². The fraction of sp³-hybridized carbons (Fsp3) is 0.0952.